The number of carboxylic acids is 1. The van der Waals surface area contributed by atoms with Gasteiger partial charge in [-0.3, -0.25) is 4.79 Å². The number of rotatable bonds is 10. The zero-order valence-electron chi connectivity index (χ0n) is 10.6. The first kappa shape index (κ1) is 16.1. The van der Waals surface area contributed by atoms with Crippen LogP contribution in [-0.4, -0.2) is 48.0 Å². The number of aliphatic hydroxyl groups excluding tert-OH is 1. The molecule has 0 heterocycles. The second kappa shape index (κ2) is 10.3. The third kappa shape index (κ3) is 9.99. The average Bonchev–Trinajstić information content (AvgIpc) is 2.28. The third-order valence-corrected chi connectivity index (χ3v) is 2.31. The van der Waals surface area contributed by atoms with Crippen molar-refractivity contribution in [1.29, 1.82) is 0 Å². The lowest BCUT2D eigenvalue weighted by Gasteiger charge is -2.12. The number of carboxylic acid groups (broad SMARTS) is 1. The molecule has 0 amide bonds. The number of nitrogens with one attached hydrogen (secondary N) is 2. The Hall–Kier alpha value is -0.910. The van der Waals surface area contributed by atoms with E-state index in [9.17, 15) is 9.90 Å². The van der Waals surface area contributed by atoms with Gasteiger partial charge in [-0.25, -0.2) is 0 Å². The molecule has 17 heavy (non-hydrogen) atoms. The summed E-state index contributed by atoms with van der Waals surface area (Å²) >= 11 is 0. The van der Waals surface area contributed by atoms with Gasteiger partial charge in [0.15, 0.2) is 0 Å². The van der Waals surface area contributed by atoms with Gasteiger partial charge >= 0.3 is 5.97 Å². The summed E-state index contributed by atoms with van der Waals surface area (Å²) < 4.78 is 0. The SMILES string of the molecule is CC/C=C/CC(O)CNCCNC(C)C(=O)O. The quantitative estimate of drug-likeness (QED) is 0.329. The predicted octanol–water partition coefficient (Wildman–Crippen LogP) is 0.356. The Bertz CT molecular complexity index is 232. The Morgan fingerprint density at radius 2 is 2.06 bits per heavy atom. The first-order chi connectivity index (χ1) is 8.07. The summed E-state index contributed by atoms with van der Waals surface area (Å²) in [6, 6.07) is -0.533. The number of aliphatic carboxylic acids is 1. The molecule has 2 atom stereocenters. The Morgan fingerprint density at radius 3 is 2.65 bits per heavy atom. The van der Waals surface area contributed by atoms with E-state index in [1.54, 1.807) is 6.92 Å². The van der Waals surface area contributed by atoms with Gasteiger partial charge in [-0.15, -0.1) is 0 Å². The van der Waals surface area contributed by atoms with Crippen LogP contribution in [0.3, 0.4) is 0 Å². The van der Waals surface area contributed by atoms with E-state index < -0.39 is 12.0 Å². The lowest BCUT2D eigenvalue weighted by atomic mass is 10.2. The Kier molecular flexibility index (Phi) is 9.71. The highest BCUT2D eigenvalue weighted by molar-refractivity contribution is 5.72. The summed E-state index contributed by atoms with van der Waals surface area (Å²) in [5.41, 5.74) is 0. The van der Waals surface area contributed by atoms with Crippen molar-refractivity contribution >= 4 is 5.97 Å². The van der Waals surface area contributed by atoms with Gasteiger partial charge in [0.05, 0.1) is 6.10 Å². The van der Waals surface area contributed by atoms with E-state index in [-0.39, 0.29) is 6.10 Å². The number of hydrogen-bond acceptors (Lipinski definition) is 4. The normalized spacial score (nSPS) is 15.0. The largest absolute Gasteiger partial charge is 0.480 e. The number of aliphatic hydroxyl groups is 1. The summed E-state index contributed by atoms with van der Waals surface area (Å²) in [5, 5.41) is 24.1. The molecule has 0 aliphatic rings. The summed E-state index contributed by atoms with van der Waals surface area (Å²) in [5.74, 6) is -0.852. The molecule has 2 unspecified atom stereocenters. The number of allylic oxidation sites excluding steroid dienone is 1. The number of hydrogen-bond donors (Lipinski definition) is 4. The van der Waals surface area contributed by atoms with Crippen LogP contribution in [0.5, 0.6) is 0 Å². The van der Waals surface area contributed by atoms with Crippen molar-refractivity contribution < 1.29 is 15.0 Å². The highest BCUT2D eigenvalue weighted by atomic mass is 16.4. The van der Waals surface area contributed by atoms with Crippen LogP contribution in [0.25, 0.3) is 0 Å². The van der Waals surface area contributed by atoms with Crippen molar-refractivity contribution in [3.8, 4) is 0 Å². The van der Waals surface area contributed by atoms with Crippen LogP contribution in [0.4, 0.5) is 0 Å². The van der Waals surface area contributed by atoms with E-state index in [1.165, 1.54) is 0 Å². The summed E-state index contributed by atoms with van der Waals surface area (Å²) in [4.78, 5) is 10.5. The first-order valence-electron chi connectivity index (χ1n) is 6.07. The minimum absolute atomic E-state index is 0.380. The fraction of sp³-hybridized carbons (Fsp3) is 0.750. The molecule has 5 nitrogen and oxygen atoms in total. The maximum Gasteiger partial charge on any atom is 0.320 e. The van der Waals surface area contributed by atoms with Gasteiger partial charge in [0, 0.05) is 19.6 Å². The molecule has 100 valence electrons. The maximum atomic E-state index is 10.5. The third-order valence-electron chi connectivity index (χ3n) is 2.31. The molecule has 0 rings (SSSR count). The van der Waals surface area contributed by atoms with Crippen molar-refractivity contribution in [3.63, 3.8) is 0 Å². The van der Waals surface area contributed by atoms with E-state index in [1.807, 2.05) is 12.2 Å². The van der Waals surface area contributed by atoms with Crippen LogP contribution in [-0.2, 0) is 4.79 Å². The first-order valence-corrected chi connectivity index (χ1v) is 6.07. The molecule has 0 spiro atoms. The molecular weight excluding hydrogens is 220 g/mol. The fourth-order valence-corrected chi connectivity index (χ4v) is 1.24. The predicted molar refractivity (Wildman–Crippen MR) is 68.0 cm³/mol. The van der Waals surface area contributed by atoms with E-state index in [0.29, 0.717) is 26.1 Å². The maximum absolute atomic E-state index is 10.5. The molecule has 4 N–H and O–H groups in total. The number of carbonyl (C=O) groups is 1. The van der Waals surface area contributed by atoms with Gasteiger partial charge in [-0.1, -0.05) is 19.1 Å². The monoisotopic (exact) mass is 244 g/mol. The van der Waals surface area contributed by atoms with Gasteiger partial charge < -0.3 is 20.8 Å². The fourth-order valence-electron chi connectivity index (χ4n) is 1.24. The molecule has 0 saturated heterocycles. The van der Waals surface area contributed by atoms with Crippen LogP contribution in [0.15, 0.2) is 12.2 Å². The van der Waals surface area contributed by atoms with E-state index in [4.69, 9.17) is 5.11 Å². The van der Waals surface area contributed by atoms with Crippen molar-refractivity contribution in [2.45, 2.75) is 38.8 Å². The summed E-state index contributed by atoms with van der Waals surface area (Å²) in [6.07, 6.45) is 5.25. The summed E-state index contributed by atoms with van der Waals surface area (Å²) in [7, 11) is 0. The highest BCUT2D eigenvalue weighted by Gasteiger charge is 2.08. The molecule has 0 aromatic carbocycles. The molecule has 0 aliphatic carbocycles. The van der Waals surface area contributed by atoms with Gasteiger partial charge in [0.2, 0.25) is 0 Å². The second-order valence-electron chi connectivity index (χ2n) is 3.99. The topological polar surface area (TPSA) is 81.6 Å². The molecule has 0 bridgehead atoms. The highest BCUT2D eigenvalue weighted by Crippen LogP contribution is 1.92. The van der Waals surface area contributed by atoms with E-state index >= 15 is 0 Å². The minimum Gasteiger partial charge on any atom is -0.480 e. The van der Waals surface area contributed by atoms with Crippen molar-refractivity contribution in [1.82, 2.24) is 10.6 Å². The molecule has 0 fully saturated rings. The van der Waals surface area contributed by atoms with E-state index in [2.05, 4.69) is 17.6 Å². The molecule has 0 aliphatic heterocycles. The Morgan fingerprint density at radius 1 is 1.35 bits per heavy atom. The lowest BCUT2D eigenvalue weighted by Crippen LogP contribution is -2.39. The van der Waals surface area contributed by atoms with Gasteiger partial charge in [-0.05, 0) is 19.8 Å². The Labute approximate surface area is 103 Å². The van der Waals surface area contributed by atoms with Crippen LogP contribution < -0.4 is 10.6 Å². The average molecular weight is 244 g/mol. The molecular formula is C12H24N2O3. The molecule has 0 aromatic rings. The standard InChI is InChI=1S/C12H24N2O3/c1-3-4-5-6-11(15)9-13-7-8-14-10(2)12(16)17/h4-5,10-11,13-15H,3,6-9H2,1-2H3,(H,16,17)/b5-4+. The van der Waals surface area contributed by atoms with Crippen molar-refractivity contribution in [3.05, 3.63) is 12.2 Å². The second-order valence-corrected chi connectivity index (χ2v) is 3.99. The zero-order chi connectivity index (χ0) is 13.1. The molecule has 0 aromatic heterocycles. The molecule has 0 saturated carbocycles. The van der Waals surface area contributed by atoms with Gasteiger partial charge in [0.1, 0.15) is 6.04 Å². The van der Waals surface area contributed by atoms with Crippen molar-refractivity contribution in [2.24, 2.45) is 0 Å². The van der Waals surface area contributed by atoms with E-state index in [0.717, 1.165) is 6.42 Å². The molecule has 5 heteroatoms. The van der Waals surface area contributed by atoms with Crippen LogP contribution >= 0.6 is 0 Å². The Balaban J connectivity index is 3.39. The smallest absolute Gasteiger partial charge is 0.320 e. The van der Waals surface area contributed by atoms with Crippen LogP contribution in [0.2, 0.25) is 0 Å². The minimum atomic E-state index is -0.852. The lowest BCUT2D eigenvalue weighted by molar-refractivity contribution is -0.138. The van der Waals surface area contributed by atoms with Crippen LogP contribution in [0.1, 0.15) is 26.7 Å². The summed E-state index contributed by atoms with van der Waals surface area (Å²) in [6.45, 7) is 5.40. The zero-order valence-corrected chi connectivity index (χ0v) is 10.6. The van der Waals surface area contributed by atoms with Crippen LogP contribution in [0, 0.1) is 0 Å². The van der Waals surface area contributed by atoms with Gasteiger partial charge in [-0.2, -0.15) is 0 Å². The van der Waals surface area contributed by atoms with Crippen molar-refractivity contribution in [2.75, 3.05) is 19.6 Å². The molecule has 0 radical (unpaired) electrons. The van der Waals surface area contributed by atoms with Gasteiger partial charge in [0.25, 0.3) is 0 Å².